The van der Waals surface area contributed by atoms with Crippen LogP contribution in [0.5, 0.6) is 0 Å². The van der Waals surface area contributed by atoms with E-state index in [1.165, 1.54) is 11.1 Å². The lowest BCUT2D eigenvalue weighted by Crippen LogP contribution is -2.27. The van der Waals surface area contributed by atoms with Crippen molar-refractivity contribution in [3.05, 3.63) is 89.2 Å². The number of carbonyl (C=O) groups excluding carboxylic acids is 1. The van der Waals surface area contributed by atoms with Crippen LogP contribution in [0, 0.1) is 13.8 Å². The van der Waals surface area contributed by atoms with Crippen LogP contribution in [-0.4, -0.2) is 10.9 Å². The van der Waals surface area contributed by atoms with E-state index in [0.29, 0.717) is 5.56 Å². The third-order valence-electron chi connectivity index (χ3n) is 4.25. The summed E-state index contributed by atoms with van der Waals surface area (Å²) in [5.41, 5.74) is 6.09. The number of hydrogen-bond acceptors (Lipinski definition) is 2. The summed E-state index contributed by atoms with van der Waals surface area (Å²) >= 11 is 0. The highest BCUT2D eigenvalue weighted by Crippen LogP contribution is 2.24. The summed E-state index contributed by atoms with van der Waals surface area (Å²) in [6.45, 7) is 6.16. The van der Waals surface area contributed by atoms with Crippen molar-refractivity contribution in [3.8, 4) is 11.1 Å². The Balaban J connectivity index is 1.87. The highest BCUT2D eigenvalue weighted by atomic mass is 16.1. The van der Waals surface area contributed by atoms with E-state index in [2.05, 4.69) is 42.3 Å². The van der Waals surface area contributed by atoms with Gasteiger partial charge in [0.1, 0.15) is 0 Å². The number of benzene rings is 2. The van der Waals surface area contributed by atoms with Gasteiger partial charge in [0.2, 0.25) is 0 Å². The molecule has 1 unspecified atom stereocenters. The van der Waals surface area contributed by atoms with Crippen molar-refractivity contribution in [1.82, 2.24) is 10.3 Å². The maximum absolute atomic E-state index is 12.9. The summed E-state index contributed by atoms with van der Waals surface area (Å²) in [5.74, 6) is -0.0703. The molecule has 1 aromatic heterocycles. The Morgan fingerprint density at radius 3 is 2.28 bits per heavy atom. The Morgan fingerprint density at radius 1 is 0.960 bits per heavy atom. The van der Waals surface area contributed by atoms with E-state index in [0.717, 1.165) is 16.7 Å². The summed E-state index contributed by atoms with van der Waals surface area (Å²) in [7, 11) is 0. The number of hydrogen-bond donors (Lipinski definition) is 1. The molecule has 0 saturated carbocycles. The maximum atomic E-state index is 12.9. The third-order valence-corrected chi connectivity index (χ3v) is 4.25. The summed E-state index contributed by atoms with van der Waals surface area (Å²) in [6, 6.07) is 17.8. The van der Waals surface area contributed by atoms with Gasteiger partial charge in [0.25, 0.3) is 5.91 Å². The first-order valence-corrected chi connectivity index (χ1v) is 8.43. The second-order valence-electron chi connectivity index (χ2n) is 6.40. The van der Waals surface area contributed by atoms with Crippen LogP contribution in [0.4, 0.5) is 0 Å². The molecule has 3 nitrogen and oxygen atoms in total. The fourth-order valence-electron chi connectivity index (χ4n) is 3.08. The lowest BCUT2D eigenvalue weighted by molar-refractivity contribution is 0.0940. The molecule has 126 valence electrons. The molecule has 0 saturated heterocycles. The molecule has 0 fully saturated rings. The van der Waals surface area contributed by atoms with Crippen LogP contribution in [0.2, 0.25) is 0 Å². The van der Waals surface area contributed by atoms with E-state index in [1.807, 2.05) is 43.3 Å². The third kappa shape index (κ3) is 3.94. The van der Waals surface area contributed by atoms with Gasteiger partial charge < -0.3 is 5.32 Å². The van der Waals surface area contributed by atoms with Gasteiger partial charge in [0.05, 0.1) is 6.04 Å². The number of nitrogens with zero attached hydrogens (tertiary/aromatic N) is 1. The molecule has 3 aromatic rings. The van der Waals surface area contributed by atoms with E-state index in [9.17, 15) is 4.79 Å². The Kier molecular flexibility index (Phi) is 4.94. The molecule has 3 heteroatoms. The van der Waals surface area contributed by atoms with Crippen LogP contribution in [0.1, 0.15) is 40.0 Å². The molecule has 0 bridgehead atoms. The molecule has 3 rings (SSSR count). The number of nitrogens with one attached hydrogen (secondary N) is 1. The van der Waals surface area contributed by atoms with E-state index < -0.39 is 0 Å². The van der Waals surface area contributed by atoms with Gasteiger partial charge >= 0.3 is 0 Å². The molecule has 0 aliphatic heterocycles. The minimum atomic E-state index is -0.0703. The molecule has 0 radical (unpaired) electrons. The van der Waals surface area contributed by atoms with Crippen molar-refractivity contribution in [2.75, 3.05) is 0 Å². The average molecular weight is 330 g/mol. The summed E-state index contributed by atoms with van der Waals surface area (Å²) in [6.07, 6.45) is 3.48. The van der Waals surface area contributed by atoms with Crippen molar-refractivity contribution in [2.24, 2.45) is 0 Å². The molecular weight excluding hydrogens is 308 g/mol. The van der Waals surface area contributed by atoms with Gasteiger partial charge in [0.15, 0.2) is 0 Å². The second kappa shape index (κ2) is 7.31. The van der Waals surface area contributed by atoms with Gasteiger partial charge in [-0.1, -0.05) is 47.5 Å². The smallest absolute Gasteiger partial charge is 0.252 e. The average Bonchev–Trinajstić information content (AvgIpc) is 2.61. The zero-order valence-electron chi connectivity index (χ0n) is 14.8. The predicted molar refractivity (Wildman–Crippen MR) is 101 cm³/mol. The first-order valence-electron chi connectivity index (χ1n) is 8.43. The molecule has 2 aromatic carbocycles. The van der Waals surface area contributed by atoms with Crippen LogP contribution in [0.25, 0.3) is 11.1 Å². The first-order chi connectivity index (χ1) is 12.0. The summed E-state index contributed by atoms with van der Waals surface area (Å²) in [5, 5.41) is 3.12. The Labute approximate surface area is 148 Å². The van der Waals surface area contributed by atoms with Crippen molar-refractivity contribution in [1.29, 1.82) is 0 Å². The molecule has 0 aliphatic rings. The zero-order valence-corrected chi connectivity index (χ0v) is 14.8. The summed E-state index contributed by atoms with van der Waals surface area (Å²) in [4.78, 5) is 16.9. The molecule has 1 N–H and O–H groups in total. The van der Waals surface area contributed by atoms with E-state index >= 15 is 0 Å². The number of carbonyl (C=O) groups is 1. The fraction of sp³-hybridized carbons (Fsp3) is 0.182. The quantitative estimate of drug-likeness (QED) is 0.742. The SMILES string of the molecule is Cc1cc(C)cc(C(C)NC(=O)c2ccccc2-c2ccncc2)c1. The van der Waals surface area contributed by atoms with Crippen molar-refractivity contribution in [3.63, 3.8) is 0 Å². The van der Waals surface area contributed by atoms with Crippen LogP contribution >= 0.6 is 0 Å². The highest BCUT2D eigenvalue weighted by molar-refractivity contribution is 6.01. The Hall–Kier alpha value is -2.94. The monoisotopic (exact) mass is 330 g/mol. The maximum Gasteiger partial charge on any atom is 0.252 e. The fourth-order valence-corrected chi connectivity index (χ4v) is 3.08. The van der Waals surface area contributed by atoms with Gasteiger partial charge in [-0.2, -0.15) is 0 Å². The van der Waals surface area contributed by atoms with Crippen LogP contribution in [-0.2, 0) is 0 Å². The molecule has 1 amide bonds. The number of aromatic nitrogens is 1. The van der Waals surface area contributed by atoms with Crippen molar-refractivity contribution < 1.29 is 4.79 Å². The van der Waals surface area contributed by atoms with Crippen molar-refractivity contribution in [2.45, 2.75) is 26.8 Å². The Bertz CT molecular complexity index is 867. The zero-order chi connectivity index (χ0) is 17.8. The molecule has 0 spiro atoms. The van der Waals surface area contributed by atoms with Crippen LogP contribution in [0.15, 0.2) is 67.0 Å². The van der Waals surface area contributed by atoms with Crippen molar-refractivity contribution >= 4 is 5.91 Å². The predicted octanol–water partition coefficient (Wildman–Crippen LogP) is 4.86. The van der Waals surface area contributed by atoms with E-state index in [1.54, 1.807) is 12.4 Å². The molecule has 1 atom stereocenters. The normalized spacial score (nSPS) is 11.8. The lowest BCUT2D eigenvalue weighted by Gasteiger charge is -2.17. The van der Waals surface area contributed by atoms with Gasteiger partial charge in [-0.05, 0) is 55.7 Å². The van der Waals surface area contributed by atoms with E-state index in [4.69, 9.17) is 0 Å². The molecule has 0 aliphatic carbocycles. The topological polar surface area (TPSA) is 42.0 Å². The molecule has 1 heterocycles. The first kappa shape index (κ1) is 16.9. The minimum absolute atomic E-state index is 0.0587. The van der Waals surface area contributed by atoms with Gasteiger partial charge in [0, 0.05) is 18.0 Å². The van der Waals surface area contributed by atoms with Gasteiger partial charge in [-0.3, -0.25) is 9.78 Å². The van der Waals surface area contributed by atoms with Gasteiger partial charge in [-0.25, -0.2) is 0 Å². The molecule has 25 heavy (non-hydrogen) atoms. The summed E-state index contributed by atoms with van der Waals surface area (Å²) < 4.78 is 0. The standard InChI is InChI=1S/C22H22N2O/c1-15-12-16(2)14-19(13-15)17(3)24-22(25)21-7-5-4-6-20(21)18-8-10-23-11-9-18/h4-14,17H,1-3H3,(H,24,25). The Morgan fingerprint density at radius 2 is 1.60 bits per heavy atom. The molecular formula is C22H22N2O. The number of rotatable bonds is 4. The van der Waals surface area contributed by atoms with Crippen LogP contribution in [0.3, 0.4) is 0 Å². The highest BCUT2D eigenvalue weighted by Gasteiger charge is 2.15. The van der Waals surface area contributed by atoms with Gasteiger partial charge in [-0.15, -0.1) is 0 Å². The van der Waals surface area contributed by atoms with Crippen LogP contribution < -0.4 is 5.32 Å². The number of aryl methyl sites for hydroxylation is 2. The number of pyridine rings is 1. The number of amides is 1. The second-order valence-corrected chi connectivity index (χ2v) is 6.40. The largest absolute Gasteiger partial charge is 0.345 e. The van der Waals surface area contributed by atoms with E-state index in [-0.39, 0.29) is 11.9 Å². The lowest BCUT2D eigenvalue weighted by atomic mass is 9.99. The minimum Gasteiger partial charge on any atom is -0.345 e.